The molecule has 9 heteroatoms. The van der Waals surface area contributed by atoms with E-state index in [-0.39, 0.29) is 24.3 Å². The summed E-state index contributed by atoms with van der Waals surface area (Å²) in [4.78, 5) is 15.8. The highest BCUT2D eigenvalue weighted by molar-refractivity contribution is 7.89. The van der Waals surface area contributed by atoms with Crippen molar-refractivity contribution in [3.05, 3.63) is 101 Å². The number of sulfonamides is 1. The summed E-state index contributed by atoms with van der Waals surface area (Å²) in [6.07, 6.45) is 0.741. The number of aromatic nitrogens is 1. The number of aliphatic carboxylic acids is 1. The van der Waals surface area contributed by atoms with E-state index in [1.54, 1.807) is 36.4 Å². The molecule has 0 aliphatic rings. The highest BCUT2D eigenvalue weighted by atomic mass is 32.2. The first-order valence-corrected chi connectivity index (χ1v) is 13.3. The third-order valence-corrected chi connectivity index (χ3v) is 7.23. The molecule has 192 valence electrons. The second-order valence-corrected chi connectivity index (χ2v) is 10.2. The molecule has 1 aromatic heterocycles. The van der Waals surface area contributed by atoms with E-state index in [2.05, 4.69) is 9.71 Å². The second kappa shape index (κ2) is 11.9. The summed E-state index contributed by atoms with van der Waals surface area (Å²) in [6, 6.07) is 23.0. The van der Waals surface area contributed by atoms with Gasteiger partial charge in [-0.3, -0.25) is 4.79 Å². The Bertz CT molecular complexity index is 1450. The smallest absolute Gasteiger partial charge is 0.303 e. The predicted molar refractivity (Wildman–Crippen MR) is 139 cm³/mol. The van der Waals surface area contributed by atoms with Crippen molar-refractivity contribution < 1.29 is 27.5 Å². The summed E-state index contributed by atoms with van der Waals surface area (Å²) < 4.78 is 39.7. The number of rotatable bonds is 12. The maximum Gasteiger partial charge on any atom is 0.303 e. The highest BCUT2D eigenvalue weighted by Crippen LogP contribution is 2.23. The zero-order valence-corrected chi connectivity index (χ0v) is 21.2. The third-order valence-electron chi connectivity index (χ3n) is 5.81. The number of aryl methyl sites for hydroxylation is 2. The second-order valence-electron chi connectivity index (χ2n) is 8.45. The fraction of sp³-hybridized carbons (Fsp3) is 0.214. The van der Waals surface area contributed by atoms with Crippen molar-refractivity contribution in [3.63, 3.8) is 0 Å². The minimum atomic E-state index is -3.72. The van der Waals surface area contributed by atoms with Crippen LogP contribution in [0.5, 0.6) is 5.75 Å². The van der Waals surface area contributed by atoms with Crippen molar-refractivity contribution in [1.82, 2.24) is 9.71 Å². The average molecular weight is 521 g/mol. The molecule has 0 saturated heterocycles. The summed E-state index contributed by atoms with van der Waals surface area (Å²) in [5.74, 6) is 0.915. The maximum absolute atomic E-state index is 12.7. The zero-order valence-electron chi connectivity index (χ0n) is 20.4. The molecule has 0 aliphatic heterocycles. The lowest BCUT2D eigenvalue weighted by Gasteiger charge is -2.14. The van der Waals surface area contributed by atoms with Crippen molar-refractivity contribution in [2.45, 2.75) is 37.6 Å². The van der Waals surface area contributed by atoms with Crippen molar-refractivity contribution in [1.29, 1.82) is 0 Å². The molecule has 0 atom stereocenters. The largest absolute Gasteiger partial charge is 0.493 e. The van der Waals surface area contributed by atoms with Gasteiger partial charge in [0.15, 0.2) is 0 Å². The van der Waals surface area contributed by atoms with Crippen LogP contribution in [-0.2, 0) is 34.2 Å². The molecule has 2 N–H and O–H groups in total. The van der Waals surface area contributed by atoms with Crippen LogP contribution in [0.4, 0.5) is 0 Å². The van der Waals surface area contributed by atoms with E-state index in [1.165, 1.54) is 12.1 Å². The van der Waals surface area contributed by atoms with E-state index >= 15 is 0 Å². The average Bonchev–Trinajstić information content (AvgIpc) is 3.28. The van der Waals surface area contributed by atoms with E-state index in [1.807, 2.05) is 37.3 Å². The van der Waals surface area contributed by atoms with E-state index in [0.717, 1.165) is 22.6 Å². The molecule has 4 aromatic rings. The molecule has 4 rings (SSSR count). The SMILES string of the molecule is Cc1oc(-c2ccccc2)nc1CCOc1ccc(CCC(=O)O)c(CNS(=O)(=O)c2ccccc2)c1. The Labute approximate surface area is 216 Å². The summed E-state index contributed by atoms with van der Waals surface area (Å²) in [6.45, 7) is 2.21. The Balaban J connectivity index is 1.44. The van der Waals surface area contributed by atoms with Crippen molar-refractivity contribution >= 4 is 16.0 Å². The first-order valence-electron chi connectivity index (χ1n) is 11.8. The van der Waals surface area contributed by atoms with Crippen LogP contribution >= 0.6 is 0 Å². The Morgan fingerprint density at radius 1 is 0.973 bits per heavy atom. The lowest BCUT2D eigenvalue weighted by Crippen LogP contribution is -2.24. The molecule has 3 aromatic carbocycles. The van der Waals surface area contributed by atoms with E-state index in [4.69, 9.17) is 14.3 Å². The molecule has 0 fully saturated rings. The van der Waals surface area contributed by atoms with Gasteiger partial charge >= 0.3 is 5.97 Å². The minimum absolute atomic E-state index is 0.00616. The van der Waals surface area contributed by atoms with Gasteiger partial charge in [0.05, 0.1) is 17.2 Å². The van der Waals surface area contributed by atoms with Gasteiger partial charge in [-0.15, -0.1) is 0 Å². The van der Waals surface area contributed by atoms with Gasteiger partial charge in [0.25, 0.3) is 0 Å². The van der Waals surface area contributed by atoms with Crippen molar-refractivity contribution in [2.24, 2.45) is 0 Å². The number of oxazole rings is 1. The monoisotopic (exact) mass is 520 g/mol. The number of hydrogen-bond acceptors (Lipinski definition) is 6. The van der Waals surface area contributed by atoms with Gasteiger partial charge in [0.2, 0.25) is 15.9 Å². The first kappa shape index (κ1) is 26.1. The highest BCUT2D eigenvalue weighted by Gasteiger charge is 2.16. The van der Waals surface area contributed by atoms with Crippen LogP contribution < -0.4 is 9.46 Å². The molecular formula is C28H28N2O6S. The summed E-state index contributed by atoms with van der Waals surface area (Å²) >= 11 is 0. The fourth-order valence-corrected chi connectivity index (χ4v) is 4.86. The number of ether oxygens (including phenoxy) is 1. The molecule has 0 aliphatic carbocycles. The Morgan fingerprint density at radius 3 is 2.38 bits per heavy atom. The number of hydrogen-bond donors (Lipinski definition) is 2. The number of carbonyl (C=O) groups is 1. The van der Waals surface area contributed by atoms with Gasteiger partial charge in [-0.1, -0.05) is 42.5 Å². The zero-order chi connectivity index (χ0) is 26.3. The Morgan fingerprint density at radius 2 is 1.68 bits per heavy atom. The van der Waals surface area contributed by atoms with Gasteiger partial charge in [-0.2, -0.15) is 0 Å². The van der Waals surface area contributed by atoms with Crippen LogP contribution in [0.3, 0.4) is 0 Å². The topological polar surface area (TPSA) is 119 Å². The molecule has 1 heterocycles. The normalized spacial score (nSPS) is 11.4. The van der Waals surface area contributed by atoms with E-state index < -0.39 is 16.0 Å². The third kappa shape index (κ3) is 7.05. The molecule has 0 unspecified atom stereocenters. The van der Waals surface area contributed by atoms with Gasteiger partial charge in [0, 0.05) is 24.9 Å². The van der Waals surface area contributed by atoms with Gasteiger partial charge < -0.3 is 14.3 Å². The van der Waals surface area contributed by atoms with Crippen LogP contribution in [0.2, 0.25) is 0 Å². The van der Waals surface area contributed by atoms with Crippen molar-refractivity contribution in [2.75, 3.05) is 6.61 Å². The molecule has 8 nitrogen and oxygen atoms in total. The van der Waals surface area contributed by atoms with Crippen molar-refractivity contribution in [3.8, 4) is 17.2 Å². The first-order chi connectivity index (χ1) is 17.8. The minimum Gasteiger partial charge on any atom is -0.493 e. The Kier molecular flexibility index (Phi) is 8.37. The van der Waals surface area contributed by atoms with Crippen LogP contribution in [0.15, 0.2) is 88.2 Å². The van der Waals surface area contributed by atoms with Gasteiger partial charge in [0.1, 0.15) is 11.5 Å². The Hall–Kier alpha value is -3.95. The van der Waals surface area contributed by atoms with Gasteiger partial charge in [-0.25, -0.2) is 18.1 Å². The lowest BCUT2D eigenvalue weighted by atomic mass is 10.0. The van der Waals surface area contributed by atoms with E-state index in [9.17, 15) is 13.2 Å². The molecule has 0 saturated carbocycles. The van der Waals surface area contributed by atoms with Crippen LogP contribution in [0, 0.1) is 6.92 Å². The summed E-state index contributed by atoms with van der Waals surface area (Å²) in [7, 11) is -3.72. The number of carboxylic acids is 1. The predicted octanol–water partition coefficient (Wildman–Crippen LogP) is 4.77. The van der Waals surface area contributed by atoms with Crippen LogP contribution in [0.1, 0.15) is 29.0 Å². The fourth-order valence-electron chi connectivity index (χ4n) is 3.83. The molecule has 0 bridgehead atoms. The standard InChI is InChI=1S/C28H28N2O6S/c1-20-26(30-28(36-20)22-8-4-2-5-9-22)16-17-35-24-14-12-21(13-15-27(31)32)23(18-24)19-29-37(33,34)25-10-6-3-7-11-25/h2-12,14,18,29H,13,15-17,19H2,1H3,(H,31,32). The molecule has 0 spiro atoms. The number of carboxylic acid groups (broad SMARTS) is 1. The molecular weight excluding hydrogens is 492 g/mol. The molecule has 0 amide bonds. The number of nitrogens with zero attached hydrogens (tertiary/aromatic N) is 1. The number of nitrogens with one attached hydrogen (secondary N) is 1. The van der Waals surface area contributed by atoms with E-state index in [0.29, 0.717) is 30.2 Å². The summed E-state index contributed by atoms with van der Waals surface area (Å²) in [5.41, 5.74) is 3.10. The number of benzene rings is 3. The maximum atomic E-state index is 12.7. The lowest BCUT2D eigenvalue weighted by molar-refractivity contribution is -0.136. The van der Waals surface area contributed by atoms with Crippen LogP contribution in [0.25, 0.3) is 11.5 Å². The van der Waals surface area contributed by atoms with Crippen LogP contribution in [-0.4, -0.2) is 31.1 Å². The molecule has 37 heavy (non-hydrogen) atoms. The summed E-state index contributed by atoms with van der Waals surface area (Å²) in [5, 5.41) is 9.10. The van der Waals surface area contributed by atoms with Gasteiger partial charge in [-0.05, 0) is 60.9 Å². The quantitative estimate of drug-likeness (QED) is 0.276. The molecule has 0 radical (unpaired) electrons.